The van der Waals surface area contributed by atoms with Crippen molar-refractivity contribution in [2.75, 3.05) is 19.0 Å². The molecule has 7 heteroatoms. The molecule has 0 aromatic heterocycles. The summed E-state index contributed by atoms with van der Waals surface area (Å²) in [5.41, 5.74) is 0.321. The highest BCUT2D eigenvalue weighted by Gasteiger charge is 2.32. The number of ether oxygens (including phenoxy) is 2. The lowest BCUT2D eigenvalue weighted by atomic mass is 10.1. The summed E-state index contributed by atoms with van der Waals surface area (Å²) in [6, 6.07) is 0. The Hall–Kier alpha value is -0.530. The van der Waals surface area contributed by atoms with Gasteiger partial charge in [0, 0.05) is 5.57 Å². The van der Waals surface area contributed by atoms with Crippen molar-refractivity contribution in [3.63, 3.8) is 0 Å². The van der Waals surface area contributed by atoms with E-state index in [0.29, 0.717) is 5.57 Å². The van der Waals surface area contributed by atoms with Crippen LogP contribution in [-0.4, -0.2) is 39.2 Å². The first-order valence-corrected chi connectivity index (χ1v) is 13.3. The Morgan fingerprint density at radius 3 is 1.93 bits per heavy atom. The van der Waals surface area contributed by atoms with E-state index in [-0.39, 0.29) is 19.2 Å². The minimum atomic E-state index is -0.764. The molecule has 0 aliphatic heterocycles. The van der Waals surface area contributed by atoms with Crippen LogP contribution in [0.25, 0.3) is 0 Å². The molecule has 0 aliphatic rings. The summed E-state index contributed by atoms with van der Waals surface area (Å²) in [7, 11) is 0. The Kier molecular flexibility index (Phi) is 17.8. The van der Waals surface area contributed by atoms with Crippen LogP contribution in [0.2, 0.25) is 0 Å². The van der Waals surface area contributed by atoms with Crippen molar-refractivity contribution in [1.82, 2.24) is 0 Å². The lowest BCUT2D eigenvalue weighted by Gasteiger charge is -2.22. The zero-order valence-electron chi connectivity index (χ0n) is 19.3. The van der Waals surface area contributed by atoms with E-state index in [1.807, 2.05) is 0 Å². The van der Waals surface area contributed by atoms with Gasteiger partial charge in [0.05, 0.1) is 0 Å². The summed E-state index contributed by atoms with van der Waals surface area (Å²) in [6.07, 6.45) is 13.2. The van der Waals surface area contributed by atoms with Crippen molar-refractivity contribution in [2.45, 2.75) is 96.7 Å². The monoisotopic (exact) mass is 476 g/mol. The van der Waals surface area contributed by atoms with Gasteiger partial charge in [0.2, 0.25) is 0 Å². The normalized spacial score (nSPS) is 11.2. The summed E-state index contributed by atoms with van der Waals surface area (Å²) >= 11 is 8.43. The van der Waals surface area contributed by atoms with E-state index in [4.69, 9.17) is 21.7 Å². The predicted molar refractivity (Wildman–Crippen MR) is 135 cm³/mol. The van der Waals surface area contributed by atoms with Gasteiger partial charge in [0.15, 0.2) is 0 Å². The minimum Gasteiger partial charge on any atom is -0.461 e. The second-order valence-corrected chi connectivity index (χ2v) is 11.9. The topological polar surface area (TPSA) is 52.6 Å². The van der Waals surface area contributed by atoms with E-state index < -0.39 is 10.7 Å². The molecular weight excluding hydrogens is 436 g/mol. The van der Waals surface area contributed by atoms with E-state index in [1.165, 1.54) is 69.5 Å². The molecule has 174 valence electrons. The Morgan fingerprint density at radius 2 is 1.40 bits per heavy atom. The second-order valence-electron chi connectivity index (χ2n) is 7.94. The van der Waals surface area contributed by atoms with E-state index in [9.17, 15) is 9.59 Å². The first kappa shape index (κ1) is 29.5. The molecule has 0 amide bonds. The molecule has 0 bridgehead atoms. The van der Waals surface area contributed by atoms with Gasteiger partial charge in [-0.2, -0.15) is 0 Å². The number of hydrogen-bond acceptors (Lipinski definition) is 7. The Morgan fingerprint density at radius 1 is 0.900 bits per heavy atom. The Labute approximate surface area is 197 Å². The molecule has 0 aromatic rings. The van der Waals surface area contributed by atoms with Crippen LogP contribution in [0.1, 0.15) is 91.9 Å². The van der Waals surface area contributed by atoms with Crippen molar-refractivity contribution in [1.29, 1.82) is 0 Å². The average molecular weight is 477 g/mol. The molecule has 0 rings (SSSR count). The Bertz CT molecular complexity index is 533. The van der Waals surface area contributed by atoms with Crippen LogP contribution < -0.4 is 0 Å². The summed E-state index contributed by atoms with van der Waals surface area (Å²) in [5, 5.41) is 0. The van der Waals surface area contributed by atoms with Crippen molar-refractivity contribution in [3.05, 3.63) is 12.2 Å². The maximum absolute atomic E-state index is 12.3. The lowest BCUT2D eigenvalue weighted by molar-refractivity contribution is -0.151. The molecule has 0 aromatic carbocycles. The van der Waals surface area contributed by atoms with E-state index >= 15 is 0 Å². The van der Waals surface area contributed by atoms with Gasteiger partial charge in [-0.15, -0.1) is 11.8 Å². The minimum absolute atomic E-state index is 0.0239. The van der Waals surface area contributed by atoms with Gasteiger partial charge in [-0.3, -0.25) is 4.79 Å². The third kappa shape index (κ3) is 16.2. The number of esters is 2. The molecular formula is C23H40O4S3. The number of rotatable bonds is 17. The van der Waals surface area contributed by atoms with Crippen LogP contribution in [0.15, 0.2) is 12.2 Å². The molecule has 0 saturated heterocycles. The largest absolute Gasteiger partial charge is 0.461 e. The number of carbonyl (C=O) groups is 2. The third-order valence-corrected chi connectivity index (χ3v) is 7.23. The molecule has 4 nitrogen and oxygen atoms in total. The van der Waals surface area contributed by atoms with Gasteiger partial charge in [0.1, 0.15) is 21.5 Å². The molecule has 0 unspecified atom stereocenters. The molecule has 0 saturated carbocycles. The first-order valence-electron chi connectivity index (χ1n) is 11.1. The first-order chi connectivity index (χ1) is 14.2. The van der Waals surface area contributed by atoms with Gasteiger partial charge >= 0.3 is 11.9 Å². The van der Waals surface area contributed by atoms with Crippen LogP contribution in [0.3, 0.4) is 0 Å². The van der Waals surface area contributed by atoms with Crippen molar-refractivity contribution in [3.8, 4) is 0 Å². The number of carbonyl (C=O) groups excluding carboxylic acids is 2. The van der Waals surface area contributed by atoms with Crippen molar-refractivity contribution >= 4 is 51.2 Å². The summed E-state index contributed by atoms with van der Waals surface area (Å²) in [4.78, 5) is 23.6. The highest BCUT2D eigenvalue weighted by atomic mass is 32.2. The molecule has 0 radical (unpaired) electrons. The SMILES string of the molecule is C=C(C)C(=O)OCCOC(=O)C(C)(C)SC(=S)SCCCCCCCCCCCC. The maximum atomic E-state index is 12.3. The molecule has 30 heavy (non-hydrogen) atoms. The zero-order valence-corrected chi connectivity index (χ0v) is 21.7. The molecule has 0 N–H and O–H groups in total. The summed E-state index contributed by atoms with van der Waals surface area (Å²) in [6.45, 7) is 11.0. The van der Waals surface area contributed by atoms with Crippen LogP contribution in [0.5, 0.6) is 0 Å². The quantitative estimate of drug-likeness (QED) is 0.0960. The summed E-state index contributed by atoms with van der Waals surface area (Å²) in [5.74, 6) is 0.148. The molecule has 0 aliphatic carbocycles. The number of thiocarbonyl (C=S) groups is 1. The van der Waals surface area contributed by atoms with Gasteiger partial charge in [-0.05, 0) is 32.9 Å². The Balaban J connectivity index is 3.78. The van der Waals surface area contributed by atoms with E-state index in [2.05, 4.69) is 13.5 Å². The van der Waals surface area contributed by atoms with Crippen LogP contribution in [0, 0.1) is 0 Å². The third-order valence-electron chi connectivity index (χ3n) is 4.45. The second kappa shape index (κ2) is 18.1. The van der Waals surface area contributed by atoms with Gasteiger partial charge < -0.3 is 9.47 Å². The summed E-state index contributed by atoms with van der Waals surface area (Å²) < 4.78 is 10.1. The fourth-order valence-corrected chi connectivity index (χ4v) is 5.65. The number of thioether (sulfide) groups is 2. The predicted octanol–water partition coefficient (Wildman–Crippen LogP) is 7.10. The molecule has 0 atom stereocenters. The fraction of sp³-hybridized carbons (Fsp3) is 0.783. The van der Waals surface area contributed by atoms with Gasteiger partial charge in [0.25, 0.3) is 0 Å². The van der Waals surface area contributed by atoms with Gasteiger partial charge in [-0.25, -0.2) is 4.79 Å². The van der Waals surface area contributed by atoms with Gasteiger partial charge in [-0.1, -0.05) is 95.3 Å². The zero-order chi connectivity index (χ0) is 22.8. The average Bonchev–Trinajstić information content (AvgIpc) is 2.68. The van der Waals surface area contributed by atoms with Crippen molar-refractivity contribution in [2.24, 2.45) is 0 Å². The molecule has 0 heterocycles. The molecule has 0 spiro atoms. The lowest BCUT2D eigenvalue weighted by Crippen LogP contribution is -2.32. The number of hydrogen-bond donors (Lipinski definition) is 0. The maximum Gasteiger partial charge on any atom is 0.333 e. The van der Waals surface area contributed by atoms with E-state index in [0.717, 1.165) is 15.7 Å². The standard InChI is InChI=1S/C23H40O4S3/c1-6-7-8-9-10-11-12-13-14-15-18-29-22(28)30-23(4,5)21(25)27-17-16-26-20(24)19(2)3/h2,6-18H2,1,3-5H3. The van der Waals surface area contributed by atoms with Crippen LogP contribution in [0.4, 0.5) is 0 Å². The van der Waals surface area contributed by atoms with E-state index in [1.54, 1.807) is 32.5 Å². The fourth-order valence-electron chi connectivity index (χ4n) is 2.59. The van der Waals surface area contributed by atoms with Crippen molar-refractivity contribution < 1.29 is 19.1 Å². The number of unbranched alkanes of at least 4 members (excludes halogenated alkanes) is 9. The molecule has 0 fully saturated rings. The van der Waals surface area contributed by atoms with Crippen LogP contribution in [-0.2, 0) is 19.1 Å². The highest BCUT2D eigenvalue weighted by molar-refractivity contribution is 8.47. The highest BCUT2D eigenvalue weighted by Crippen LogP contribution is 2.32. The smallest absolute Gasteiger partial charge is 0.333 e. The van der Waals surface area contributed by atoms with Crippen LogP contribution >= 0.6 is 35.7 Å².